The summed E-state index contributed by atoms with van der Waals surface area (Å²) in [5, 5.41) is 2.93. The topological polar surface area (TPSA) is 41.5 Å². The van der Waals surface area contributed by atoms with Crippen molar-refractivity contribution in [1.82, 2.24) is 0 Å². The van der Waals surface area contributed by atoms with E-state index in [2.05, 4.69) is 166 Å². The molecular weight excluding hydrogens is 669 g/mol. The van der Waals surface area contributed by atoms with Gasteiger partial charge >= 0.3 is 0 Å². The number of amides is 1. The van der Waals surface area contributed by atoms with Gasteiger partial charge in [0.05, 0.1) is 5.69 Å². The highest BCUT2D eigenvalue weighted by Crippen LogP contribution is 2.33. The van der Waals surface area contributed by atoms with Crippen LogP contribution >= 0.6 is 0 Å². The van der Waals surface area contributed by atoms with Gasteiger partial charge in [-0.1, -0.05) is 144 Å². The molecule has 0 radical (unpaired) electrons. The largest absolute Gasteiger partial charge is 0.326 e. The van der Waals surface area contributed by atoms with Gasteiger partial charge in [-0.2, -0.15) is 0 Å². The Bertz CT molecular complexity index is 1960. The van der Waals surface area contributed by atoms with E-state index in [9.17, 15) is 4.79 Å². The van der Waals surface area contributed by atoms with Crippen LogP contribution in [0, 0.1) is 0 Å². The van der Waals surface area contributed by atoms with E-state index >= 15 is 0 Å². The van der Waals surface area contributed by atoms with E-state index < -0.39 is 0 Å². The molecule has 3 heteroatoms. The molecule has 0 unspecified atom stereocenters. The first-order valence-electron chi connectivity index (χ1n) is 21.0. The average Bonchev–Trinajstić information content (AvgIpc) is 3.80. The van der Waals surface area contributed by atoms with E-state index in [0.717, 1.165) is 24.2 Å². The summed E-state index contributed by atoms with van der Waals surface area (Å²) in [5.74, 6) is 0.133. The Hall–Kier alpha value is -3.98. The van der Waals surface area contributed by atoms with E-state index in [1.165, 1.54) is 78.3 Å². The number of nitrogens with one attached hydrogen (secondary N) is 1. The molecule has 0 saturated carbocycles. The van der Waals surface area contributed by atoms with Crippen LogP contribution in [0.2, 0.25) is 0 Å². The Morgan fingerprint density at radius 1 is 0.436 bits per heavy atom. The molecule has 0 atom stereocenters. The molecule has 2 heterocycles. The Labute approximate surface area is 334 Å². The van der Waals surface area contributed by atoms with Crippen LogP contribution in [-0.2, 0) is 65.0 Å². The van der Waals surface area contributed by atoms with Crippen molar-refractivity contribution in [1.29, 1.82) is 0 Å². The van der Waals surface area contributed by atoms with Crippen molar-refractivity contribution in [2.45, 2.75) is 169 Å². The molecule has 2 aliphatic heterocycles. The molecule has 294 valence electrons. The predicted molar refractivity (Wildman–Crippen MR) is 238 cm³/mol. The van der Waals surface area contributed by atoms with Gasteiger partial charge in [-0.25, -0.2) is 0 Å². The zero-order valence-corrected chi connectivity index (χ0v) is 36.4. The lowest BCUT2D eigenvalue weighted by Crippen LogP contribution is -2.20. The molecule has 4 aromatic rings. The highest BCUT2D eigenvalue weighted by molar-refractivity contribution is 5.94. The number of benzene rings is 4. The van der Waals surface area contributed by atoms with E-state index in [1.807, 2.05) is 6.21 Å². The van der Waals surface area contributed by atoms with Gasteiger partial charge in [0.1, 0.15) is 0 Å². The summed E-state index contributed by atoms with van der Waals surface area (Å²) in [5.41, 5.74) is 17.7. The standard InChI is InChI=1S/C14H20.C13H17NO.C13H18.C12H15N/c1-14(2,3)13-9-8-11-6-4-5-7-12(11)10-13;1-13(2,3)10-6-4-9-5-7-12(15)14-11(9)8-10;1-13(2,3)12-8-7-10-5-4-6-11(10)9-12;1-12(2,3)10-4-5-11-9(8-10)6-7-13-11/h8-10H,4-7H2,1-3H3;4,6,8H,5,7H2,1-3H3,(H,14,15);7-9H,4-6H2,1-3H3;4-5,7-8H,6H2,1-3H3. The fraction of sp³-hybridized carbons (Fsp3) is 0.500. The maximum absolute atomic E-state index is 11.3. The molecule has 0 aromatic heterocycles. The van der Waals surface area contributed by atoms with E-state index in [0.29, 0.717) is 17.3 Å². The monoisotopic (exact) mass is 739 g/mol. The lowest BCUT2D eigenvalue weighted by molar-refractivity contribution is -0.116. The van der Waals surface area contributed by atoms with Crippen molar-refractivity contribution in [2.75, 3.05) is 5.32 Å². The first-order valence-corrected chi connectivity index (χ1v) is 21.0. The molecule has 0 bridgehead atoms. The SMILES string of the molecule is CC(C)(C)c1ccc2c(c1)CC=N2.CC(C)(C)c1ccc2c(c1)CCC2.CC(C)(C)c1ccc2c(c1)CCCC2.CC(C)(C)c1ccc2c(c1)NC(=O)CC2. The second kappa shape index (κ2) is 17.0. The van der Waals surface area contributed by atoms with Gasteiger partial charge < -0.3 is 5.32 Å². The molecule has 0 fully saturated rings. The second-order valence-corrected chi connectivity index (χ2v) is 20.3. The third-order valence-corrected chi connectivity index (χ3v) is 11.5. The molecule has 4 aromatic carbocycles. The van der Waals surface area contributed by atoms with Crippen LogP contribution < -0.4 is 5.32 Å². The number of aliphatic imine (C=N–C) groups is 1. The molecule has 3 nitrogen and oxygen atoms in total. The van der Waals surface area contributed by atoms with Crippen molar-refractivity contribution in [3.8, 4) is 0 Å². The van der Waals surface area contributed by atoms with Crippen LogP contribution in [-0.4, -0.2) is 12.1 Å². The van der Waals surface area contributed by atoms with Gasteiger partial charge in [0.25, 0.3) is 0 Å². The Morgan fingerprint density at radius 3 is 1.38 bits per heavy atom. The number of carbonyl (C=O) groups is 1. The van der Waals surface area contributed by atoms with E-state index in [4.69, 9.17) is 0 Å². The van der Waals surface area contributed by atoms with Crippen molar-refractivity contribution < 1.29 is 4.79 Å². The van der Waals surface area contributed by atoms with Gasteiger partial charge in [-0.05, 0) is 141 Å². The fourth-order valence-electron chi connectivity index (χ4n) is 7.66. The molecular formula is C52H70N2O. The third-order valence-electron chi connectivity index (χ3n) is 11.5. The number of hydrogen-bond donors (Lipinski definition) is 1. The van der Waals surface area contributed by atoms with Crippen molar-refractivity contribution in [3.05, 3.63) is 128 Å². The fourth-order valence-corrected chi connectivity index (χ4v) is 7.66. The second-order valence-electron chi connectivity index (χ2n) is 20.3. The van der Waals surface area contributed by atoms with Crippen molar-refractivity contribution in [3.63, 3.8) is 0 Å². The summed E-state index contributed by atoms with van der Waals surface area (Å²) in [6.45, 7) is 27.0. The maximum atomic E-state index is 11.3. The van der Waals surface area contributed by atoms with Gasteiger partial charge in [0, 0.05) is 24.7 Å². The molecule has 0 saturated heterocycles. The summed E-state index contributed by atoms with van der Waals surface area (Å²) in [7, 11) is 0. The Balaban J connectivity index is 0.000000141. The van der Waals surface area contributed by atoms with Gasteiger partial charge in [0.2, 0.25) is 5.91 Å². The van der Waals surface area contributed by atoms with Crippen LogP contribution in [0.1, 0.15) is 164 Å². The van der Waals surface area contributed by atoms with Crippen LogP contribution in [0.4, 0.5) is 11.4 Å². The summed E-state index contributed by atoms with van der Waals surface area (Å²) in [4.78, 5) is 15.6. The van der Waals surface area contributed by atoms with Crippen LogP contribution in [0.25, 0.3) is 0 Å². The molecule has 0 spiro atoms. The number of anilines is 1. The first kappa shape index (κ1) is 42.2. The van der Waals surface area contributed by atoms with Crippen LogP contribution in [0.3, 0.4) is 0 Å². The number of hydrogen-bond acceptors (Lipinski definition) is 2. The van der Waals surface area contributed by atoms with Gasteiger partial charge in [-0.15, -0.1) is 0 Å². The summed E-state index contributed by atoms with van der Waals surface area (Å²) >= 11 is 0. The minimum Gasteiger partial charge on any atom is -0.326 e. The van der Waals surface area contributed by atoms with E-state index in [-0.39, 0.29) is 16.7 Å². The lowest BCUT2D eigenvalue weighted by Gasteiger charge is -2.23. The molecule has 1 amide bonds. The molecule has 4 aliphatic rings. The minimum atomic E-state index is 0.133. The molecule has 1 N–H and O–H groups in total. The Morgan fingerprint density at radius 2 is 0.855 bits per heavy atom. The normalized spacial score (nSPS) is 15.7. The van der Waals surface area contributed by atoms with Crippen LogP contribution in [0.5, 0.6) is 0 Å². The van der Waals surface area contributed by atoms with E-state index in [1.54, 1.807) is 22.3 Å². The van der Waals surface area contributed by atoms with Crippen molar-refractivity contribution >= 4 is 23.5 Å². The number of carbonyl (C=O) groups excluding carboxylic acids is 1. The highest BCUT2D eigenvalue weighted by atomic mass is 16.1. The minimum absolute atomic E-state index is 0.133. The maximum Gasteiger partial charge on any atom is 0.224 e. The van der Waals surface area contributed by atoms with Crippen molar-refractivity contribution in [2.24, 2.45) is 4.99 Å². The molecule has 2 aliphatic carbocycles. The van der Waals surface area contributed by atoms with Gasteiger partial charge in [-0.3, -0.25) is 9.79 Å². The molecule has 55 heavy (non-hydrogen) atoms. The number of aryl methyl sites for hydroxylation is 5. The summed E-state index contributed by atoms with van der Waals surface area (Å²) in [6.07, 6.45) is 13.7. The lowest BCUT2D eigenvalue weighted by atomic mass is 9.82. The number of fused-ring (bicyclic) bond motifs is 4. The number of nitrogens with zero attached hydrogens (tertiary/aromatic N) is 1. The highest BCUT2D eigenvalue weighted by Gasteiger charge is 2.21. The zero-order chi connectivity index (χ0) is 40.2. The zero-order valence-electron chi connectivity index (χ0n) is 36.4. The third kappa shape index (κ3) is 11.5. The predicted octanol–water partition coefficient (Wildman–Crippen LogP) is 13.4. The average molecular weight is 739 g/mol. The smallest absolute Gasteiger partial charge is 0.224 e. The molecule has 8 rings (SSSR count). The first-order chi connectivity index (χ1) is 25.7. The Kier molecular flexibility index (Phi) is 13.1. The van der Waals surface area contributed by atoms with Gasteiger partial charge in [0.15, 0.2) is 0 Å². The van der Waals surface area contributed by atoms with Crippen LogP contribution in [0.15, 0.2) is 77.8 Å². The number of rotatable bonds is 0. The quantitative estimate of drug-likeness (QED) is 0.192. The summed E-state index contributed by atoms with van der Waals surface area (Å²) < 4.78 is 0. The summed E-state index contributed by atoms with van der Waals surface area (Å²) in [6, 6.07) is 27.1.